The summed E-state index contributed by atoms with van der Waals surface area (Å²) in [5.74, 6) is -3.92. The van der Waals surface area contributed by atoms with E-state index in [4.69, 9.17) is 11.3 Å². The van der Waals surface area contributed by atoms with Crippen LogP contribution in [0.3, 0.4) is 0 Å². The molecular weight excluding hydrogens is 431 g/mol. The van der Waals surface area contributed by atoms with Crippen molar-refractivity contribution in [1.29, 1.82) is 0 Å². The summed E-state index contributed by atoms with van der Waals surface area (Å²) in [5, 5.41) is 2.91. The molecule has 2 aromatic carbocycles. The molecule has 0 spiro atoms. The third-order valence-corrected chi connectivity index (χ3v) is 5.07. The normalized spacial score (nSPS) is 16.5. The van der Waals surface area contributed by atoms with Gasteiger partial charge in [0.2, 0.25) is 0 Å². The van der Waals surface area contributed by atoms with Crippen molar-refractivity contribution < 1.29 is 31.5 Å². The second kappa shape index (κ2) is 8.83. The molecule has 1 aliphatic rings. The lowest BCUT2D eigenvalue weighted by Gasteiger charge is -2.31. The number of hydrogen-bond donors (Lipinski definition) is 1. The number of hydrogen-bond acceptors (Lipinski definition) is 3. The van der Waals surface area contributed by atoms with Crippen molar-refractivity contribution in [2.45, 2.75) is 25.4 Å². The molecule has 0 bridgehead atoms. The first-order valence-electron chi connectivity index (χ1n) is 9.34. The highest BCUT2D eigenvalue weighted by molar-refractivity contribution is 5.93. The highest BCUT2D eigenvalue weighted by Crippen LogP contribution is 2.45. The van der Waals surface area contributed by atoms with Gasteiger partial charge in [-0.05, 0) is 42.3 Å². The molecular formula is C23H17F5N2O2. The first-order chi connectivity index (χ1) is 15.1. The van der Waals surface area contributed by atoms with E-state index >= 15 is 0 Å². The molecule has 2 aromatic rings. The van der Waals surface area contributed by atoms with E-state index in [1.54, 1.807) is 0 Å². The van der Waals surface area contributed by atoms with E-state index in [9.17, 15) is 26.7 Å². The van der Waals surface area contributed by atoms with Crippen LogP contribution in [-0.4, -0.2) is 13.1 Å². The Labute approximate surface area is 180 Å². The molecule has 1 aliphatic heterocycles. The van der Waals surface area contributed by atoms with Crippen molar-refractivity contribution >= 4 is 5.97 Å². The number of rotatable bonds is 4. The summed E-state index contributed by atoms with van der Waals surface area (Å²) < 4.78 is 73.0. The second-order valence-corrected chi connectivity index (χ2v) is 7.10. The highest BCUT2D eigenvalue weighted by atomic mass is 19.4. The van der Waals surface area contributed by atoms with Crippen LogP contribution in [0.1, 0.15) is 29.5 Å². The smallest absolute Gasteiger partial charge is 0.416 e. The minimum absolute atomic E-state index is 0.0723. The largest absolute Gasteiger partial charge is 0.466 e. The molecule has 1 unspecified atom stereocenters. The zero-order chi connectivity index (χ0) is 23.6. The summed E-state index contributed by atoms with van der Waals surface area (Å²) in [5.41, 5.74) is -1.04. The van der Waals surface area contributed by atoms with E-state index in [1.165, 1.54) is 31.2 Å². The molecule has 1 heterocycles. The van der Waals surface area contributed by atoms with Gasteiger partial charge in [0.1, 0.15) is 11.6 Å². The number of alkyl halides is 3. The van der Waals surface area contributed by atoms with Crippen molar-refractivity contribution in [2.75, 3.05) is 7.11 Å². The first kappa shape index (κ1) is 23.0. The molecule has 0 radical (unpaired) electrons. The van der Waals surface area contributed by atoms with Crippen LogP contribution in [0.15, 0.2) is 65.1 Å². The fourth-order valence-electron chi connectivity index (χ4n) is 3.67. The van der Waals surface area contributed by atoms with Gasteiger partial charge in [-0.3, -0.25) is 0 Å². The molecule has 0 aliphatic carbocycles. The Kier molecular flexibility index (Phi) is 6.35. The molecule has 0 fully saturated rings. The van der Waals surface area contributed by atoms with Crippen molar-refractivity contribution in [1.82, 2.24) is 5.32 Å². The van der Waals surface area contributed by atoms with Gasteiger partial charge in [-0.2, -0.15) is 13.2 Å². The van der Waals surface area contributed by atoms with Gasteiger partial charge >= 0.3 is 12.1 Å². The number of ether oxygens (including phenoxy) is 1. The Bertz CT molecular complexity index is 1160. The van der Waals surface area contributed by atoms with E-state index in [0.717, 1.165) is 19.2 Å². The number of nitrogens with one attached hydrogen (secondary N) is 1. The van der Waals surface area contributed by atoms with Gasteiger partial charge in [0, 0.05) is 17.8 Å². The Morgan fingerprint density at radius 2 is 1.75 bits per heavy atom. The van der Waals surface area contributed by atoms with Crippen LogP contribution < -0.4 is 5.32 Å². The van der Waals surface area contributed by atoms with Crippen LogP contribution >= 0.6 is 0 Å². The molecule has 1 atom stereocenters. The quantitative estimate of drug-likeness (QED) is 0.382. The van der Waals surface area contributed by atoms with Gasteiger partial charge in [-0.25, -0.2) is 18.4 Å². The number of allylic oxidation sites excluding steroid dienone is 3. The Morgan fingerprint density at radius 1 is 1.12 bits per heavy atom. The molecule has 166 valence electrons. The third kappa shape index (κ3) is 4.49. The lowest BCUT2D eigenvalue weighted by atomic mass is 9.81. The summed E-state index contributed by atoms with van der Waals surface area (Å²) in [6.07, 6.45) is -4.86. The van der Waals surface area contributed by atoms with Crippen LogP contribution in [0.5, 0.6) is 0 Å². The maximum absolute atomic E-state index is 13.8. The summed E-state index contributed by atoms with van der Waals surface area (Å²) in [6, 6.07) is 7.50. The predicted molar refractivity (Wildman–Crippen MR) is 106 cm³/mol. The molecule has 0 saturated heterocycles. The Balaban J connectivity index is 2.25. The zero-order valence-electron chi connectivity index (χ0n) is 17.0. The lowest BCUT2D eigenvalue weighted by Crippen LogP contribution is -2.30. The highest BCUT2D eigenvalue weighted by Gasteiger charge is 2.42. The number of halogens is 5. The average Bonchev–Trinajstić information content (AvgIpc) is 2.74. The molecule has 0 aromatic heterocycles. The second-order valence-electron chi connectivity index (χ2n) is 7.10. The molecule has 4 nitrogen and oxygen atoms in total. The number of benzene rings is 2. The summed E-state index contributed by atoms with van der Waals surface area (Å²) >= 11 is 0. The fraction of sp³-hybridized carbons (Fsp3) is 0.217. The number of dihydropyridines is 1. The Hall–Kier alpha value is -3.67. The van der Waals surface area contributed by atoms with E-state index in [-0.39, 0.29) is 29.1 Å². The van der Waals surface area contributed by atoms with E-state index < -0.39 is 40.8 Å². The predicted octanol–water partition coefficient (Wildman–Crippen LogP) is 5.49. The topological polar surface area (TPSA) is 42.7 Å². The summed E-state index contributed by atoms with van der Waals surface area (Å²) in [7, 11) is 1.07. The number of carbonyl (C=O) groups excluding carboxylic acids is 1. The van der Waals surface area contributed by atoms with Crippen molar-refractivity contribution in [2.24, 2.45) is 0 Å². The number of methoxy groups -OCH3 is 1. The monoisotopic (exact) mass is 448 g/mol. The number of esters is 1. The number of nitrogens with zero attached hydrogens (tertiary/aromatic N) is 1. The Morgan fingerprint density at radius 3 is 2.31 bits per heavy atom. The minimum atomic E-state index is -4.93. The first-order valence-corrected chi connectivity index (χ1v) is 9.34. The molecule has 0 saturated carbocycles. The molecule has 1 N–H and O–H groups in total. The van der Waals surface area contributed by atoms with Gasteiger partial charge < -0.3 is 10.1 Å². The van der Waals surface area contributed by atoms with Gasteiger partial charge in [0.05, 0.1) is 30.7 Å². The molecule has 9 heteroatoms. The van der Waals surface area contributed by atoms with Gasteiger partial charge in [-0.15, -0.1) is 0 Å². The molecule has 3 rings (SSSR count). The third-order valence-electron chi connectivity index (χ3n) is 5.07. The SMILES string of the molecule is [C-]#[N+]C1=C(Cc2ccc(F)cc2)NC(C)=C(C(=O)OC)C1c1ccc(F)cc1C(F)(F)F. The van der Waals surface area contributed by atoms with Crippen molar-refractivity contribution in [3.8, 4) is 0 Å². The summed E-state index contributed by atoms with van der Waals surface area (Å²) in [4.78, 5) is 15.9. The van der Waals surface area contributed by atoms with Crippen LogP contribution in [0.25, 0.3) is 4.85 Å². The zero-order valence-corrected chi connectivity index (χ0v) is 17.0. The van der Waals surface area contributed by atoms with E-state index in [1.807, 2.05) is 0 Å². The van der Waals surface area contributed by atoms with E-state index in [2.05, 4.69) is 10.2 Å². The van der Waals surface area contributed by atoms with Crippen LogP contribution in [0.2, 0.25) is 0 Å². The standard InChI is InChI=1S/C23H17F5N2O2/c1-12-19(22(31)32-3)20(16-9-8-15(25)11-17(16)23(26,27)28)21(29-2)18(30-12)10-13-4-6-14(24)7-5-13/h4-9,11,20,30H,10H2,1,3H3. The van der Waals surface area contributed by atoms with E-state index in [0.29, 0.717) is 11.6 Å². The minimum Gasteiger partial charge on any atom is -0.466 e. The maximum atomic E-state index is 13.8. The van der Waals surface area contributed by atoms with Gasteiger partial charge in [-0.1, -0.05) is 18.2 Å². The lowest BCUT2D eigenvalue weighted by molar-refractivity contribution is -0.139. The summed E-state index contributed by atoms with van der Waals surface area (Å²) in [6.45, 7) is 9.14. The fourth-order valence-corrected chi connectivity index (χ4v) is 3.67. The molecule has 0 amide bonds. The van der Waals surface area contributed by atoms with Crippen molar-refractivity contribution in [3.63, 3.8) is 0 Å². The number of carbonyl (C=O) groups is 1. The van der Waals surface area contributed by atoms with Crippen LogP contribution in [0, 0.1) is 18.2 Å². The maximum Gasteiger partial charge on any atom is 0.416 e. The van der Waals surface area contributed by atoms with Crippen LogP contribution in [0.4, 0.5) is 22.0 Å². The van der Waals surface area contributed by atoms with Gasteiger partial charge in [0.15, 0.2) is 5.70 Å². The van der Waals surface area contributed by atoms with Crippen LogP contribution in [-0.2, 0) is 22.1 Å². The average molecular weight is 448 g/mol. The van der Waals surface area contributed by atoms with Gasteiger partial charge in [0.25, 0.3) is 0 Å². The molecule has 32 heavy (non-hydrogen) atoms. The van der Waals surface area contributed by atoms with Crippen molar-refractivity contribution in [3.05, 3.63) is 105 Å².